The van der Waals surface area contributed by atoms with E-state index in [1.165, 1.54) is 10.5 Å². The molecular weight excluding hydrogens is 208 g/mol. The van der Waals surface area contributed by atoms with Gasteiger partial charge in [-0.25, -0.2) is 0 Å². The third-order valence-electron chi connectivity index (χ3n) is 2.17. The highest BCUT2D eigenvalue weighted by Crippen LogP contribution is 2.35. The van der Waals surface area contributed by atoms with Gasteiger partial charge in [-0.2, -0.15) is 0 Å². The number of thioether (sulfide) groups is 1. The molecule has 0 fully saturated rings. The fraction of sp³-hybridized carbons (Fsp3) is 0.500. The van der Waals surface area contributed by atoms with Gasteiger partial charge in [0.15, 0.2) is 6.79 Å². The number of benzene rings is 1. The van der Waals surface area contributed by atoms with Crippen LogP contribution in [-0.4, -0.2) is 20.2 Å². The standard InChI is InChI=1S/C12H18O2S/c1-9(2)10-6-5-7-11(15-4)12(10)14-8-13-3/h5-7,9H,8H2,1-4H3. The molecule has 15 heavy (non-hydrogen) atoms. The monoisotopic (exact) mass is 226 g/mol. The van der Waals surface area contributed by atoms with Gasteiger partial charge in [0, 0.05) is 12.0 Å². The molecule has 0 saturated heterocycles. The second-order valence-corrected chi connectivity index (χ2v) is 4.43. The number of para-hydroxylation sites is 1. The van der Waals surface area contributed by atoms with E-state index >= 15 is 0 Å². The number of hydrogen-bond donors (Lipinski definition) is 0. The lowest BCUT2D eigenvalue weighted by Gasteiger charge is -2.16. The van der Waals surface area contributed by atoms with Crippen molar-refractivity contribution in [1.29, 1.82) is 0 Å². The van der Waals surface area contributed by atoms with E-state index in [1.54, 1.807) is 18.9 Å². The van der Waals surface area contributed by atoms with Crippen LogP contribution < -0.4 is 4.74 Å². The van der Waals surface area contributed by atoms with Gasteiger partial charge in [0.2, 0.25) is 0 Å². The molecule has 0 unspecified atom stereocenters. The average Bonchev–Trinajstić information content (AvgIpc) is 2.25. The third-order valence-corrected chi connectivity index (χ3v) is 2.93. The summed E-state index contributed by atoms with van der Waals surface area (Å²) in [6.45, 7) is 4.63. The van der Waals surface area contributed by atoms with Crippen LogP contribution in [0.5, 0.6) is 5.75 Å². The number of ether oxygens (including phenoxy) is 2. The maximum absolute atomic E-state index is 5.63. The Kier molecular flexibility index (Phi) is 4.99. The predicted octanol–water partition coefficient (Wildman–Crippen LogP) is 3.51. The van der Waals surface area contributed by atoms with E-state index in [1.807, 2.05) is 0 Å². The summed E-state index contributed by atoms with van der Waals surface area (Å²) in [4.78, 5) is 1.17. The molecule has 0 aromatic heterocycles. The highest BCUT2D eigenvalue weighted by atomic mass is 32.2. The van der Waals surface area contributed by atoms with Crippen LogP contribution in [0.1, 0.15) is 25.3 Å². The normalized spacial score (nSPS) is 10.7. The first-order valence-electron chi connectivity index (χ1n) is 4.99. The molecule has 3 heteroatoms. The number of rotatable bonds is 5. The summed E-state index contributed by atoms with van der Waals surface area (Å²) in [6.07, 6.45) is 2.05. The molecule has 0 aliphatic carbocycles. The molecule has 0 atom stereocenters. The third kappa shape index (κ3) is 3.14. The molecule has 0 amide bonds. The van der Waals surface area contributed by atoms with Crippen molar-refractivity contribution >= 4 is 11.8 Å². The Morgan fingerprint density at radius 3 is 2.60 bits per heavy atom. The average molecular weight is 226 g/mol. The van der Waals surface area contributed by atoms with E-state index in [0.29, 0.717) is 12.7 Å². The molecule has 0 heterocycles. The first-order valence-corrected chi connectivity index (χ1v) is 6.21. The molecule has 2 nitrogen and oxygen atoms in total. The molecular formula is C12H18O2S. The Morgan fingerprint density at radius 2 is 2.07 bits per heavy atom. The number of hydrogen-bond acceptors (Lipinski definition) is 3. The molecule has 0 aliphatic heterocycles. The minimum absolute atomic E-state index is 0.303. The van der Waals surface area contributed by atoms with E-state index in [2.05, 4.69) is 38.3 Å². The maximum atomic E-state index is 5.63. The highest BCUT2D eigenvalue weighted by Gasteiger charge is 2.11. The summed E-state index contributed by atoms with van der Waals surface area (Å²) >= 11 is 1.70. The minimum atomic E-state index is 0.303. The highest BCUT2D eigenvalue weighted by molar-refractivity contribution is 7.98. The van der Waals surface area contributed by atoms with Crippen LogP contribution in [0.3, 0.4) is 0 Å². The zero-order valence-electron chi connectivity index (χ0n) is 9.74. The van der Waals surface area contributed by atoms with Crippen molar-refractivity contribution in [2.75, 3.05) is 20.2 Å². The van der Waals surface area contributed by atoms with Crippen molar-refractivity contribution in [3.8, 4) is 5.75 Å². The second kappa shape index (κ2) is 6.03. The molecule has 1 aromatic rings. The van der Waals surface area contributed by atoms with Gasteiger partial charge in [0.25, 0.3) is 0 Å². The zero-order chi connectivity index (χ0) is 11.3. The van der Waals surface area contributed by atoms with E-state index < -0.39 is 0 Å². The van der Waals surface area contributed by atoms with Gasteiger partial charge >= 0.3 is 0 Å². The smallest absolute Gasteiger partial charge is 0.188 e. The Hall–Kier alpha value is -0.670. The van der Waals surface area contributed by atoms with E-state index in [-0.39, 0.29) is 0 Å². The summed E-state index contributed by atoms with van der Waals surface area (Å²) in [7, 11) is 1.64. The molecule has 0 saturated carbocycles. The fourth-order valence-electron chi connectivity index (χ4n) is 1.42. The van der Waals surface area contributed by atoms with E-state index in [9.17, 15) is 0 Å². The van der Waals surface area contributed by atoms with Gasteiger partial charge in [0.1, 0.15) is 5.75 Å². The van der Waals surface area contributed by atoms with Crippen LogP contribution in [0.2, 0.25) is 0 Å². The Balaban J connectivity index is 3.03. The van der Waals surface area contributed by atoms with Crippen molar-refractivity contribution in [2.45, 2.75) is 24.7 Å². The van der Waals surface area contributed by atoms with Gasteiger partial charge in [-0.3, -0.25) is 0 Å². The zero-order valence-corrected chi connectivity index (χ0v) is 10.6. The van der Waals surface area contributed by atoms with Gasteiger partial charge in [-0.15, -0.1) is 11.8 Å². The van der Waals surface area contributed by atoms with Crippen LogP contribution in [0, 0.1) is 0 Å². The largest absolute Gasteiger partial charge is 0.466 e. The van der Waals surface area contributed by atoms with Crippen molar-refractivity contribution in [3.63, 3.8) is 0 Å². The fourth-order valence-corrected chi connectivity index (χ4v) is 2.00. The topological polar surface area (TPSA) is 18.5 Å². The molecule has 84 valence electrons. The van der Waals surface area contributed by atoms with E-state index in [0.717, 1.165) is 5.75 Å². The lowest BCUT2D eigenvalue weighted by Crippen LogP contribution is -2.03. The SMILES string of the molecule is COCOc1c(SC)cccc1C(C)C. The predicted molar refractivity (Wildman–Crippen MR) is 64.8 cm³/mol. The van der Waals surface area contributed by atoms with Gasteiger partial charge in [-0.05, 0) is 23.8 Å². The van der Waals surface area contributed by atoms with Crippen molar-refractivity contribution in [3.05, 3.63) is 23.8 Å². The summed E-state index contributed by atoms with van der Waals surface area (Å²) in [6, 6.07) is 6.25. The lowest BCUT2D eigenvalue weighted by molar-refractivity contribution is 0.0482. The van der Waals surface area contributed by atoms with Gasteiger partial charge in [0.05, 0.1) is 0 Å². The Bertz CT molecular complexity index is 310. The van der Waals surface area contributed by atoms with Crippen LogP contribution in [0.25, 0.3) is 0 Å². The molecule has 1 aromatic carbocycles. The number of methoxy groups -OCH3 is 1. The van der Waals surface area contributed by atoms with Crippen LogP contribution in [0.4, 0.5) is 0 Å². The second-order valence-electron chi connectivity index (χ2n) is 3.58. The van der Waals surface area contributed by atoms with E-state index in [4.69, 9.17) is 9.47 Å². The van der Waals surface area contributed by atoms with Gasteiger partial charge in [-0.1, -0.05) is 26.0 Å². The van der Waals surface area contributed by atoms with Crippen LogP contribution in [0.15, 0.2) is 23.1 Å². The molecule has 1 rings (SSSR count). The summed E-state index contributed by atoms with van der Waals surface area (Å²) in [5.74, 6) is 1.42. The van der Waals surface area contributed by atoms with Crippen molar-refractivity contribution < 1.29 is 9.47 Å². The maximum Gasteiger partial charge on any atom is 0.188 e. The molecule has 0 spiro atoms. The van der Waals surface area contributed by atoms with Crippen molar-refractivity contribution in [1.82, 2.24) is 0 Å². The summed E-state index contributed by atoms with van der Waals surface area (Å²) in [5, 5.41) is 0. The van der Waals surface area contributed by atoms with Crippen LogP contribution >= 0.6 is 11.8 Å². The van der Waals surface area contributed by atoms with Crippen LogP contribution in [-0.2, 0) is 4.74 Å². The molecule has 0 bridgehead atoms. The molecule has 0 aliphatic rings. The molecule has 0 radical (unpaired) electrons. The van der Waals surface area contributed by atoms with Gasteiger partial charge < -0.3 is 9.47 Å². The summed E-state index contributed by atoms with van der Waals surface area (Å²) in [5.41, 5.74) is 1.24. The quantitative estimate of drug-likeness (QED) is 0.565. The lowest BCUT2D eigenvalue weighted by atomic mass is 10.0. The Labute approximate surface area is 96.0 Å². The summed E-state index contributed by atoms with van der Waals surface area (Å²) < 4.78 is 10.6. The first-order chi connectivity index (χ1) is 7.20. The first kappa shape index (κ1) is 12.4. The Morgan fingerprint density at radius 1 is 1.33 bits per heavy atom. The molecule has 0 N–H and O–H groups in total. The van der Waals surface area contributed by atoms with Crippen molar-refractivity contribution in [2.24, 2.45) is 0 Å². The minimum Gasteiger partial charge on any atom is -0.466 e.